The van der Waals surface area contributed by atoms with E-state index in [1.807, 2.05) is 36.4 Å². The fourth-order valence-corrected chi connectivity index (χ4v) is 1.95. The van der Waals surface area contributed by atoms with Gasteiger partial charge in [0.1, 0.15) is 11.5 Å². The van der Waals surface area contributed by atoms with Gasteiger partial charge in [-0.05, 0) is 62.7 Å². The zero-order valence-corrected chi connectivity index (χ0v) is 13.7. The monoisotopic (exact) mass is 333 g/mol. The van der Waals surface area contributed by atoms with Crippen LogP contribution in [0, 0.1) is 0 Å². The molecular weight excluding hydrogens is 314 g/mol. The summed E-state index contributed by atoms with van der Waals surface area (Å²) < 4.78 is 6.84. The lowest BCUT2D eigenvalue weighted by Crippen LogP contribution is -2.34. The molecule has 0 unspecified atom stereocenters. The van der Waals surface area contributed by atoms with Gasteiger partial charge in [-0.2, -0.15) is 0 Å². The highest BCUT2D eigenvalue weighted by Gasteiger charge is 2.08. The van der Waals surface area contributed by atoms with Crippen LogP contribution in [-0.4, -0.2) is 5.54 Å². The summed E-state index contributed by atoms with van der Waals surface area (Å²) >= 11 is 3.41. The Bertz CT molecular complexity index is 541. The fourth-order valence-electron chi connectivity index (χ4n) is 1.68. The molecule has 2 aromatic carbocycles. The molecule has 0 radical (unpaired) electrons. The van der Waals surface area contributed by atoms with Crippen LogP contribution in [-0.2, 0) is 6.54 Å². The van der Waals surface area contributed by atoms with E-state index in [4.69, 9.17) is 4.74 Å². The van der Waals surface area contributed by atoms with Crippen molar-refractivity contribution in [2.45, 2.75) is 32.9 Å². The van der Waals surface area contributed by atoms with Crippen molar-refractivity contribution in [3.63, 3.8) is 0 Å². The first-order valence-corrected chi connectivity index (χ1v) is 7.49. The van der Waals surface area contributed by atoms with Gasteiger partial charge in [-0.1, -0.05) is 28.1 Å². The van der Waals surface area contributed by atoms with Crippen molar-refractivity contribution in [2.75, 3.05) is 0 Å². The third-order valence-electron chi connectivity index (χ3n) is 2.80. The average molecular weight is 334 g/mol. The molecule has 0 aliphatic rings. The Hall–Kier alpha value is -1.32. The van der Waals surface area contributed by atoms with Gasteiger partial charge in [0.05, 0.1) is 0 Å². The molecule has 0 amide bonds. The van der Waals surface area contributed by atoms with E-state index in [0.29, 0.717) is 0 Å². The lowest BCUT2D eigenvalue weighted by atomic mass is 10.1. The lowest BCUT2D eigenvalue weighted by molar-refractivity contribution is 0.424. The van der Waals surface area contributed by atoms with E-state index in [1.54, 1.807) is 0 Å². The third-order valence-corrected chi connectivity index (χ3v) is 3.32. The normalized spacial score (nSPS) is 11.4. The van der Waals surface area contributed by atoms with E-state index in [1.165, 1.54) is 5.56 Å². The molecule has 20 heavy (non-hydrogen) atoms. The lowest BCUT2D eigenvalue weighted by Gasteiger charge is -2.20. The zero-order chi connectivity index (χ0) is 14.6. The summed E-state index contributed by atoms with van der Waals surface area (Å²) in [6, 6.07) is 16.0. The number of hydrogen-bond acceptors (Lipinski definition) is 2. The van der Waals surface area contributed by atoms with E-state index in [2.05, 4.69) is 54.2 Å². The summed E-state index contributed by atoms with van der Waals surface area (Å²) in [6.45, 7) is 7.36. The van der Waals surface area contributed by atoms with E-state index in [9.17, 15) is 0 Å². The first-order chi connectivity index (χ1) is 9.42. The molecule has 1 N–H and O–H groups in total. The Kier molecular flexibility index (Phi) is 4.84. The molecule has 3 heteroatoms. The van der Waals surface area contributed by atoms with Gasteiger partial charge in [0.15, 0.2) is 0 Å². The van der Waals surface area contributed by atoms with Gasteiger partial charge < -0.3 is 10.1 Å². The standard InChI is InChI=1S/C17H20BrNO/c1-17(2,3)19-12-13-4-8-15(9-5-13)20-16-10-6-14(18)7-11-16/h4-11,19H,12H2,1-3H3. The third kappa shape index (κ3) is 4.99. The Labute approximate surface area is 129 Å². The van der Waals surface area contributed by atoms with Gasteiger partial charge >= 0.3 is 0 Å². The van der Waals surface area contributed by atoms with Crippen LogP contribution in [0.1, 0.15) is 26.3 Å². The second-order valence-electron chi connectivity index (χ2n) is 5.80. The largest absolute Gasteiger partial charge is 0.457 e. The fraction of sp³-hybridized carbons (Fsp3) is 0.294. The number of ether oxygens (including phenoxy) is 1. The molecule has 0 saturated carbocycles. The molecule has 0 fully saturated rings. The van der Waals surface area contributed by atoms with Gasteiger partial charge in [-0.3, -0.25) is 0 Å². The van der Waals surface area contributed by atoms with Crippen molar-refractivity contribution in [1.29, 1.82) is 0 Å². The Balaban J connectivity index is 1.96. The SMILES string of the molecule is CC(C)(C)NCc1ccc(Oc2ccc(Br)cc2)cc1. The Morgan fingerprint density at radius 2 is 1.40 bits per heavy atom. The molecule has 0 heterocycles. The maximum Gasteiger partial charge on any atom is 0.127 e. The maximum absolute atomic E-state index is 5.79. The first-order valence-electron chi connectivity index (χ1n) is 6.70. The van der Waals surface area contributed by atoms with Gasteiger partial charge in [-0.15, -0.1) is 0 Å². The minimum absolute atomic E-state index is 0.132. The number of rotatable bonds is 4. The van der Waals surface area contributed by atoms with Crippen LogP contribution in [0.3, 0.4) is 0 Å². The molecule has 0 aliphatic carbocycles. The summed E-state index contributed by atoms with van der Waals surface area (Å²) in [5, 5.41) is 3.47. The molecule has 2 aromatic rings. The van der Waals surface area contributed by atoms with Gasteiger partial charge in [-0.25, -0.2) is 0 Å². The summed E-state index contributed by atoms with van der Waals surface area (Å²) in [5.41, 5.74) is 1.38. The summed E-state index contributed by atoms with van der Waals surface area (Å²) in [7, 11) is 0. The minimum atomic E-state index is 0.132. The number of hydrogen-bond donors (Lipinski definition) is 1. The molecule has 0 aliphatic heterocycles. The number of benzene rings is 2. The van der Waals surface area contributed by atoms with Crippen molar-refractivity contribution in [3.8, 4) is 11.5 Å². The van der Waals surface area contributed by atoms with E-state index < -0.39 is 0 Å². The van der Waals surface area contributed by atoms with Crippen LogP contribution in [0.25, 0.3) is 0 Å². The predicted octanol–water partition coefficient (Wildman–Crippen LogP) is 5.13. The molecule has 106 valence electrons. The van der Waals surface area contributed by atoms with Gasteiger partial charge in [0.2, 0.25) is 0 Å². The average Bonchev–Trinajstić information content (AvgIpc) is 2.40. The molecule has 0 atom stereocenters. The number of halogens is 1. The smallest absolute Gasteiger partial charge is 0.127 e. The molecule has 2 nitrogen and oxygen atoms in total. The van der Waals surface area contributed by atoms with Crippen LogP contribution in [0.5, 0.6) is 11.5 Å². The van der Waals surface area contributed by atoms with Crippen LogP contribution >= 0.6 is 15.9 Å². The summed E-state index contributed by atoms with van der Waals surface area (Å²) in [4.78, 5) is 0. The van der Waals surface area contributed by atoms with Crippen LogP contribution in [0.2, 0.25) is 0 Å². The van der Waals surface area contributed by atoms with Crippen molar-refractivity contribution in [2.24, 2.45) is 0 Å². The molecule has 0 spiro atoms. The quantitative estimate of drug-likeness (QED) is 0.837. The first kappa shape index (κ1) is 15.1. The summed E-state index contributed by atoms with van der Waals surface area (Å²) in [6.07, 6.45) is 0. The molecular formula is C17H20BrNO. The van der Waals surface area contributed by atoms with Gasteiger partial charge in [0, 0.05) is 16.6 Å². The van der Waals surface area contributed by atoms with E-state index in [-0.39, 0.29) is 5.54 Å². The minimum Gasteiger partial charge on any atom is -0.457 e. The maximum atomic E-state index is 5.79. The van der Waals surface area contributed by atoms with Crippen molar-refractivity contribution in [3.05, 3.63) is 58.6 Å². The summed E-state index contributed by atoms with van der Waals surface area (Å²) in [5.74, 6) is 1.69. The van der Waals surface area contributed by atoms with Crippen molar-refractivity contribution >= 4 is 15.9 Å². The second kappa shape index (κ2) is 6.42. The zero-order valence-electron chi connectivity index (χ0n) is 12.1. The van der Waals surface area contributed by atoms with Crippen LogP contribution in [0.15, 0.2) is 53.0 Å². The Morgan fingerprint density at radius 1 is 0.900 bits per heavy atom. The molecule has 0 bridgehead atoms. The molecule has 2 rings (SSSR count). The molecule has 0 saturated heterocycles. The highest BCUT2D eigenvalue weighted by molar-refractivity contribution is 9.10. The van der Waals surface area contributed by atoms with Crippen molar-refractivity contribution < 1.29 is 4.74 Å². The highest BCUT2D eigenvalue weighted by atomic mass is 79.9. The number of nitrogens with one attached hydrogen (secondary N) is 1. The topological polar surface area (TPSA) is 21.3 Å². The highest BCUT2D eigenvalue weighted by Crippen LogP contribution is 2.23. The Morgan fingerprint density at radius 3 is 1.90 bits per heavy atom. The van der Waals surface area contributed by atoms with Crippen LogP contribution in [0.4, 0.5) is 0 Å². The second-order valence-corrected chi connectivity index (χ2v) is 6.72. The predicted molar refractivity (Wildman–Crippen MR) is 87.3 cm³/mol. The van der Waals surface area contributed by atoms with E-state index >= 15 is 0 Å². The molecule has 0 aromatic heterocycles. The van der Waals surface area contributed by atoms with Crippen LogP contribution < -0.4 is 10.1 Å². The van der Waals surface area contributed by atoms with Gasteiger partial charge in [0.25, 0.3) is 0 Å². The van der Waals surface area contributed by atoms with E-state index in [0.717, 1.165) is 22.5 Å². The van der Waals surface area contributed by atoms with Crippen molar-refractivity contribution in [1.82, 2.24) is 5.32 Å².